The predicted molar refractivity (Wildman–Crippen MR) is 57.6 cm³/mol. The normalized spacial score (nSPS) is 16.1. The number of pyridine rings is 1. The van der Waals surface area contributed by atoms with E-state index in [4.69, 9.17) is 0 Å². The van der Waals surface area contributed by atoms with E-state index in [1.807, 2.05) is 16.7 Å². The van der Waals surface area contributed by atoms with Crippen molar-refractivity contribution < 1.29 is 0 Å². The van der Waals surface area contributed by atoms with Gasteiger partial charge in [0.05, 0.1) is 6.54 Å². The number of aryl methyl sites for hydroxylation is 1. The van der Waals surface area contributed by atoms with Crippen LogP contribution in [0.2, 0.25) is 0 Å². The van der Waals surface area contributed by atoms with Gasteiger partial charge >= 0.3 is 0 Å². The van der Waals surface area contributed by atoms with Crippen LogP contribution < -0.4 is 5.32 Å². The highest BCUT2D eigenvalue weighted by Gasteiger charge is 2.20. The van der Waals surface area contributed by atoms with E-state index in [0.717, 1.165) is 18.0 Å². The second-order valence-electron chi connectivity index (χ2n) is 4.20. The lowest BCUT2D eigenvalue weighted by molar-refractivity contribution is 0.652. The second kappa shape index (κ2) is 3.31. The Kier molecular flexibility index (Phi) is 1.95. The first-order chi connectivity index (χ1) is 7.33. The van der Waals surface area contributed by atoms with E-state index < -0.39 is 0 Å². The van der Waals surface area contributed by atoms with Crippen LogP contribution in [0.25, 0.3) is 5.65 Å². The number of rotatable bonds is 3. The summed E-state index contributed by atoms with van der Waals surface area (Å²) in [5.41, 5.74) is 2.15. The fourth-order valence-electron chi connectivity index (χ4n) is 1.69. The maximum atomic E-state index is 4.19. The standard InChI is InChI=1S/C11H14N4/c1-8-4-5-15-10(6-8)13-14-11(15)7-12-9-2-3-9/h4-6,9,12H,2-3,7H2,1H3. The molecule has 0 spiro atoms. The molecule has 1 aliphatic carbocycles. The molecule has 1 N–H and O–H groups in total. The molecule has 0 amide bonds. The molecule has 0 saturated heterocycles. The van der Waals surface area contributed by atoms with Gasteiger partial charge in [-0.15, -0.1) is 10.2 Å². The molecule has 4 heteroatoms. The Bertz CT molecular complexity index is 484. The summed E-state index contributed by atoms with van der Waals surface area (Å²) in [5, 5.41) is 11.8. The molecule has 0 aromatic carbocycles. The highest BCUT2D eigenvalue weighted by atomic mass is 15.3. The lowest BCUT2D eigenvalue weighted by Gasteiger charge is -2.01. The van der Waals surface area contributed by atoms with Crippen molar-refractivity contribution in [1.82, 2.24) is 19.9 Å². The fourth-order valence-corrected chi connectivity index (χ4v) is 1.69. The Labute approximate surface area is 88.3 Å². The molecule has 4 nitrogen and oxygen atoms in total. The van der Waals surface area contributed by atoms with Gasteiger partial charge in [-0.25, -0.2) is 0 Å². The number of nitrogens with zero attached hydrogens (tertiary/aromatic N) is 3. The molecule has 0 aliphatic heterocycles. The summed E-state index contributed by atoms with van der Waals surface area (Å²) in [6.07, 6.45) is 4.64. The molecule has 1 aliphatic rings. The highest BCUT2D eigenvalue weighted by Crippen LogP contribution is 2.19. The molecule has 1 saturated carbocycles. The fraction of sp³-hybridized carbons (Fsp3) is 0.455. The maximum absolute atomic E-state index is 4.19. The van der Waals surface area contributed by atoms with E-state index in [2.05, 4.69) is 28.5 Å². The lowest BCUT2D eigenvalue weighted by Crippen LogP contribution is -2.17. The first kappa shape index (κ1) is 8.85. The zero-order chi connectivity index (χ0) is 10.3. The minimum atomic E-state index is 0.711. The van der Waals surface area contributed by atoms with Crippen LogP contribution in [0.15, 0.2) is 18.3 Å². The van der Waals surface area contributed by atoms with Crippen LogP contribution in [0, 0.1) is 6.92 Å². The number of hydrogen-bond acceptors (Lipinski definition) is 3. The van der Waals surface area contributed by atoms with Crippen LogP contribution in [0.5, 0.6) is 0 Å². The van der Waals surface area contributed by atoms with Crippen molar-refractivity contribution in [3.8, 4) is 0 Å². The summed E-state index contributed by atoms with van der Waals surface area (Å²) in [4.78, 5) is 0. The quantitative estimate of drug-likeness (QED) is 0.815. The van der Waals surface area contributed by atoms with Crippen LogP contribution in [-0.4, -0.2) is 20.6 Å². The molecule has 2 aromatic heterocycles. The predicted octanol–water partition coefficient (Wildman–Crippen LogP) is 1.29. The average molecular weight is 202 g/mol. The number of aromatic nitrogens is 3. The van der Waals surface area contributed by atoms with Gasteiger partial charge in [0.15, 0.2) is 11.5 Å². The van der Waals surface area contributed by atoms with Crippen LogP contribution >= 0.6 is 0 Å². The minimum Gasteiger partial charge on any atom is -0.307 e. The highest BCUT2D eigenvalue weighted by molar-refractivity contribution is 5.40. The lowest BCUT2D eigenvalue weighted by atomic mass is 10.3. The van der Waals surface area contributed by atoms with Crippen molar-refractivity contribution >= 4 is 5.65 Å². The molecule has 78 valence electrons. The van der Waals surface area contributed by atoms with Crippen molar-refractivity contribution in [2.75, 3.05) is 0 Å². The Morgan fingerprint density at radius 1 is 1.47 bits per heavy atom. The van der Waals surface area contributed by atoms with Gasteiger partial charge in [-0.3, -0.25) is 4.40 Å². The Morgan fingerprint density at radius 3 is 3.13 bits per heavy atom. The summed E-state index contributed by atoms with van der Waals surface area (Å²) in [6.45, 7) is 2.88. The van der Waals surface area contributed by atoms with E-state index in [-0.39, 0.29) is 0 Å². The van der Waals surface area contributed by atoms with Crippen molar-refractivity contribution in [3.63, 3.8) is 0 Å². The molecule has 15 heavy (non-hydrogen) atoms. The smallest absolute Gasteiger partial charge is 0.161 e. The van der Waals surface area contributed by atoms with E-state index >= 15 is 0 Å². The molecular formula is C11H14N4. The van der Waals surface area contributed by atoms with E-state index in [1.54, 1.807) is 0 Å². The maximum Gasteiger partial charge on any atom is 0.161 e. The molecule has 1 fully saturated rings. The Morgan fingerprint density at radius 2 is 2.33 bits per heavy atom. The molecule has 0 atom stereocenters. The van der Waals surface area contributed by atoms with E-state index in [1.165, 1.54) is 18.4 Å². The van der Waals surface area contributed by atoms with Crippen molar-refractivity contribution in [3.05, 3.63) is 29.7 Å². The molecule has 0 bridgehead atoms. The molecular weight excluding hydrogens is 188 g/mol. The summed E-state index contributed by atoms with van der Waals surface area (Å²) < 4.78 is 2.04. The zero-order valence-electron chi connectivity index (χ0n) is 8.77. The van der Waals surface area contributed by atoms with Gasteiger partial charge in [0.25, 0.3) is 0 Å². The summed E-state index contributed by atoms with van der Waals surface area (Å²) in [6, 6.07) is 4.84. The van der Waals surface area contributed by atoms with E-state index in [0.29, 0.717) is 6.04 Å². The molecule has 2 heterocycles. The molecule has 0 radical (unpaired) electrons. The van der Waals surface area contributed by atoms with Gasteiger partial charge < -0.3 is 5.32 Å². The van der Waals surface area contributed by atoms with Crippen molar-refractivity contribution in [2.45, 2.75) is 32.4 Å². The first-order valence-electron chi connectivity index (χ1n) is 5.36. The van der Waals surface area contributed by atoms with Gasteiger partial charge in [0.1, 0.15) is 0 Å². The third-order valence-electron chi connectivity index (χ3n) is 2.76. The third-order valence-corrected chi connectivity index (χ3v) is 2.76. The minimum absolute atomic E-state index is 0.711. The molecule has 3 rings (SSSR count). The Hall–Kier alpha value is -1.42. The molecule has 2 aromatic rings. The average Bonchev–Trinajstić information content (AvgIpc) is 2.97. The van der Waals surface area contributed by atoms with Crippen LogP contribution in [0.4, 0.5) is 0 Å². The van der Waals surface area contributed by atoms with Crippen LogP contribution in [0.1, 0.15) is 24.2 Å². The monoisotopic (exact) mass is 202 g/mol. The van der Waals surface area contributed by atoms with Crippen molar-refractivity contribution in [1.29, 1.82) is 0 Å². The van der Waals surface area contributed by atoms with Crippen LogP contribution in [0.3, 0.4) is 0 Å². The number of nitrogens with one attached hydrogen (secondary N) is 1. The third kappa shape index (κ3) is 1.72. The number of hydrogen-bond donors (Lipinski definition) is 1. The summed E-state index contributed by atoms with van der Waals surface area (Å²) >= 11 is 0. The largest absolute Gasteiger partial charge is 0.307 e. The zero-order valence-corrected chi connectivity index (χ0v) is 8.77. The number of fused-ring (bicyclic) bond motifs is 1. The second-order valence-corrected chi connectivity index (χ2v) is 4.20. The summed E-state index contributed by atoms with van der Waals surface area (Å²) in [5.74, 6) is 0.997. The van der Waals surface area contributed by atoms with Gasteiger partial charge in [-0.1, -0.05) is 0 Å². The SMILES string of the molecule is Cc1ccn2c(CNC3CC3)nnc2c1. The summed E-state index contributed by atoms with van der Waals surface area (Å²) in [7, 11) is 0. The molecule has 0 unspecified atom stereocenters. The Balaban J connectivity index is 1.89. The van der Waals surface area contributed by atoms with Crippen LogP contribution in [-0.2, 0) is 6.54 Å². The van der Waals surface area contributed by atoms with Gasteiger partial charge in [-0.05, 0) is 37.5 Å². The van der Waals surface area contributed by atoms with Gasteiger partial charge in [-0.2, -0.15) is 0 Å². The van der Waals surface area contributed by atoms with Crippen molar-refractivity contribution in [2.24, 2.45) is 0 Å². The van der Waals surface area contributed by atoms with E-state index in [9.17, 15) is 0 Å². The van der Waals surface area contributed by atoms with Gasteiger partial charge in [0.2, 0.25) is 0 Å². The van der Waals surface area contributed by atoms with Gasteiger partial charge in [0, 0.05) is 12.2 Å². The first-order valence-corrected chi connectivity index (χ1v) is 5.36. The topological polar surface area (TPSA) is 42.2 Å².